The number of benzene rings is 2. The Kier molecular flexibility index (Phi) is 4.15. The van der Waals surface area contributed by atoms with Crippen molar-refractivity contribution in [1.82, 2.24) is 5.32 Å². The van der Waals surface area contributed by atoms with Crippen LogP contribution in [0.3, 0.4) is 0 Å². The molecule has 1 aromatic heterocycles. The van der Waals surface area contributed by atoms with E-state index < -0.39 is 0 Å². The number of fused-ring (bicyclic) bond motifs is 1. The molecule has 5 nitrogen and oxygen atoms in total. The molecule has 128 valence electrons. The van der Waals surface area contributed by atoms with E-state index >= 15 is 0 Å². The van der Waals surface area contributed by atoms with Crippen LogP contribution in [0, 0.1) is 6.92 Å². The van der Waals surface area contributed by atoms with Crippen LogP contribution in [-0.4, -0.2) is 32.1 Å². The van der Waals surface area contributed by atoms with Crippen molar-refractivity contribution in [2.75, 3.05) is 36.4 Å². The van der Waals surface area contributed by atoms with E-state index in [9.17, 15) is 4.79 Å². The summed E-state index contributed by atoms with van der Waals surface area (Å²) in [5.41, 5.74) is 4.37. The summed E-state index contributed by atoms with van der Waals surface area (Å²) >= 11 is 0. The zero-order chi connectivity index (χ0) is 17.2. The molecule has 1 amide bonds. The third kappa shape index (κ3) is 3.23. The van der Waals surface area contributed by atoms with Gasteiger partial charge in [0.2, 0.25) is 0 Å². The largest absolute Gasteiger partial charge is 0.463 e. The monoisotopic (exact) mass is 335 g/mol. The maximum atomic E-state index is 12.6. The van der Waals surface area contributed by atoms with Crippen LogP contribution in [-0.2, 0) is 0 Å². The van der Waals surface area contributed by atoms with Gasteiger partial charge < -0.3 is 20.0 Å². The van der Waals surface area contributed by atoms with Gasteiger partial charge in [0.05, 0.1) is 5.56 Å². The third-order valence-electron chi connectivity index (χ3n) is 4.58. The molecule has 0 radical (unpaired) electrons. The number of rotatable bonds is 3. The van der Waals surface area contributed by atoms with E-state index in [0.29, 0.717) is 5.56 Å². The number of carbonyl (C=O) groups excluding carboxylic acids is 1. The molecule has 2 aromatic carbocycles. The highest BCUT2D eigenvalue weighted by atomic mass is 16.3. The highest BCUT2D eigenvalue weighted by Gasteiger charge is 2.15. The minimum atomic E-state index is -0.155. The summed E-state index contributed by atoms with van der Waals surface area (Å²) in [6.07, 6.45) is 1.52. The Morgan fingerprint density at radius 2 is 1.88 bits per heavy atom. The number of aryl methyl sites for hydroxylation is 1. The van der Waals surface area contributed by atoms with Gasteiger partial charge in [-0.3, -0.25) is 4.79 Å². The maximum Gasteiger partial charge on any atom is 0.259 e. The smallest absolute Gasteiger partial charge is 0.259 e. The first-order valence-corrected chi connectivity index (χ1v) is 8.56. The Hall–Kier alpha value is -2.79. The predicted molar refractivity (Wildman–Crippen MR) is 100 cm³/mol. The van der Waals surface area contributed by atoms with Gasteiger partial charge >= 0.3 is 0 Å². The second-order valence-electron chi connectivity index (χ2n) is 6.39. The average Bonchev–Trinajstić information content (AvgIpc) is 3.06. The second-order valence-corrected chi connectivity index (χ2v) is 6.39. The van der Waals surface area contributed by atoms with E-state index in [1.54, 1.807) is 0 Å². The zero-order valence-electron chi connectivity index (χ0n) is 14.2. The number of anilines is 2. The molecule has 0 atom stereocenters. The first-order chi connectivity index (χ1) is 12.2. The number of carbonyl (C=O) groups is 1. The molecule has 1 fully saturated rings. The van der Waals surface area contributed by atoms with Gasteiger partial charge in [-0.2, -0.15) is 0 Å². The van der Waals surface area contributed by atoms with Crippen molar-refractivity contribution in [2.24, 2.45) is 0 Å². The fraction of sp³-hybridized carbons (Fsp3) is 0.250. The molecule has 2 heterocycles. The summed E-state index contributed by atoms with van der Waals surface area (Å²) in [7, 11) is 0. The van der Waals surface area contributed by atoms with Crippen LogP contribution in [0.1, 0.15) is 15.9 Å². The number of furan rings is 1. The van der Waals surface area contributed by atoms with Gasteiger partial charge in [-0.05, 0) is 42.8 Å². The van der Waals surface area contributed by atoms with Crippen LogP contribution < -0.4 is 15.5 Å². The van der Waals surface area contributed by atoms with Gasteiger partial charge in [0.25, 0.3) is 5.91 Å². The van der Waals surface area contributed by atoms with Crippen molar-refractivity contribution in [1.29, 1.82) is 0 Å². The first-order valence-electron chi connectivity index (χ1n) is 8.56. The Morgan fingerprint density at radius 1 is 1.12 bits per heavy atom. The Bertz CT molecular complexity index is 893. The molecule has 2 N–H and O–H groups in total. The lowest BCUT2D eigenvalue weighted by atomic mass is 10.1. The van der Waals surface area contributed by atoms with Crippen molar-refractivity contribution in [3.05, 3.63) is 59.9 Å². The van der Waals surface area contributed by atoms with Crippen molar-refractivity contribution in [2.45, 2.75) is 6.92 Å². The van der Waals surface area contributed by atoms with Crippen molar-refractivity contribution < 1.29 is 9.21 Å². The molecule has 1 aliphatic heterocycles. The van der Waals surface area contributed by atoms with Crippen LogP contribution in [0.25, 0.3) is 11.0 Å². The van der Waals surface area contributed by atoms with Crippen molar-refractivity contribution in [3.8, 4) is 0 Å². The Morgan fingerprint density at radius 3 is 2.64 bits per heavy atom. The minimum Gasteiger partial charge on any atom is -0.463 e. The summed E-state index contributed by atoms with van der Waals surface area (Å²) in [5, 5.41) is 7.13. The fourth-order valence-corrected chi connectivity index (χ4v) is 3.19. The molecule has 1 saturated heterocycles. The summed E-state index contributed by atoms with van der Waals surface area (Å²) in [5.74, 6) is -0.155. The van der Waals surface area contributed by atoms with Gasteiger partial charge in [0.15, 0.2) is 0 Å². The lowest BCUT2D eigenvalue weighted by molar-refractivity contribution is 0.102. The highest BCUT2D eigenvalue weighted by molar-refractivity contribution is 6.12. The van der Waals surface area contributed by atoms with Crippen LogP contribution in [0.5, 0.6) is 0 Å². The fourth-order valence-electron chi connectivity index (χ4n) is 3.19. The van der Waals surface area contributed by atoms with E-state index in [1.165, 1.54) is 12.0 Å². The first kappa shape index (κ1) is 15.7. The molecule has 0 aliphatic carbocycles. The summed E-state index contributed by atoms with van der Waals surface area (Å²) < 4.78 is 5.51. The van der Waals surface area contributed by atoms with Gasteiger partial charge in [0, 0.05) is 42.9 Å². The summed E-state index contributed by atoms with van der Waals surface area (Å²) in [6, 6.07) is 13.8. The minimum absolute atomic E-state index is 0.155. The molecule has 3 aromatic rings. The zero-order valence-corrected chi connectivity index (χ0v) is 14.2. The molecular formula is C20H21N3O2. The number of piperazine rings is 1. The number of nitrogens with one attached hydrogen (secondary N) is 2. The van der Waals surface area contributed by atoms with E-state index in [1.807, 2.05) is 37.3 Å². The van der Waals surface area contributed by atoms with Gasteiger partial charge in [-0.25, -0.2) is 0 Å². The Balaban J connectivity index is 1.50. The molecule has 0 saturated carbocycles. The lowest BCUT2D eigenvalue weighted by Gasteiger charge is -2.29. The van der Waals surface area contributed by atoms with Crippen LogP contribution in [0.15, 0.2) is 53.1 Å². The SMILES string of the molecule is Cc1ccc2c(C(=O)Nc3ccc(N4CCNCC4)cc3)coc2c1. The topological polar surface area (TPSA) is 57.5 Å². The molecule has 0 unspecified atom stereocenters. The van der Waals surface area contributed by atoms with Gasteiger partial charge in [-0.15, -0.1) is 0 Å². The van der Waals surface area contributed by atoms with Crippen LogP contribution in [0.4, 0.5) is 11.4 Å². The number of hydrogen-bond acceptors (Lipinski definition) is 4. The molecule has 0 spiro atoms. The van der Waals surface area contributed by atoms with Gasteiger partial charge in [-0.1, -0.05) is 12.1 Å². The van der Waals surface area contributed by atoms with Crippen molar-refractivity contribution >= 4 is 28.3 Å². The second kappa shape index (κ2) is 6.61. The molecular weight excluding hydrogens is 314 g/mol. The van der Waals surface area contributed by atoms with E-state index in [2.05, 4.69) is 27.7 Å². The molecule has 25 heavy (non-hydrogen) atoms. The predicted octanol–water partition coefficient (Wildman–Crippen LogP) is 3.40. The molecule has 4 rings (SSSR count). The Labute approximate surface area is 146 Å². The number of nitrogens with zero attached hydrogens (tertiary/aromatic N) is 1. The molecule has 1 aliphatic rings. The van der Waals surface area contributed by atoms with E-state index in [4.69, 9.17) is 4.42 Å². The van der Waals surface area contributed by atoms with Crippen LogP contribution >= 0.6 is 0 Å². The molecule has 0 bridgehead atoms. The quantitative estimate of drug-likeness (QED) is 0.770. The van der Waals surface area contributed by atoms with Gasteiger partial charge in [0.1, 0.15) is 11.8 Å². The van der Waals surface area contributed by atoms with E-state index in [0.717, 1.165) is 48.4 Å². The summed E-state index contributed by atoms with van der Waals surface area (Å²) in [4.78, 5) is 14.9. The van der Waals surface area contributed by atoms with E-state index in [-0.39, 0.29) is 5.91 Å². The highest BCUT2D eigenvalue weighted by Crippen LogP contribution is 2.24. The summed E-state index contributed by atoms with van der Waals surface area (Å²) in [6.45, 7) is 6.02. The normalized spacial score (nSPS) is 14.7. The molecule has 5 heteroatoms. The number of amides is 1. The third-order valence-corrected chi connectivity index (χ3v) is 4.58. The lowest BCUT2D eigenvalue weighted by Crippen LogP contribution is -2.43. The number of hydrogen-bond donors (Lipinski definition) is 2. The standard InChI is InChI=1S/C20H21N3O2/c1-14-2-7-17-18(13-25-19(17)12-14)20(24)22-15-3-5-16(6-4-15)23-10-8-21-9-11-23/h2-7,12-13,21H,8-11H2,1H3,(H,22,24). The average molecular weight is 335 g/mol. The van der Waals surface area contributed by atoms with Crippen molar-refractivity contribution in [3.63, 3.8) is 0 Å². The maximum absolute atomic E-state index is 12.6. The van der Waals surface area contributed by atoms with Crippen LogP contribution in [0.2, 0.25) is 0 Å².